The molecule has 4 unspecified atom stereocenters. The molecule has 6 rings (SSSR count). The van der Waals surface area contributed by atoms with E-state index in [4.69, 9.17) is 18.9 Å². The van der Waals surface area contributed by atoms with E-state index in [9.17, 15) is 29.1 Å². The zero-order valence-electron chi connectivity index (χ0n) is 32.7. The number of nitrogens with zero attached hydrogens (tertiary/aromatic N) is 1. The maximum atomic E-state index is 13.8. The largest absolute Gasteiger partial charge is 0.460 e. The molecule has 0 bridgehead atoms. The number of hydrogen-bond acceptors (Lipinski definition) is 10. The van der Waals surface area contributed by atoms with Crippen molar-refractivity contribution >= 4 is 35.7 Å². The van der Waals surface area contributed by atoms with Gasteiger partial charge in [0.15, 0.2) is 5.79 Å². The second-order valence-corrected chi connectivity index (χ2v) is 16.3. The van der Waals surface area contributed by atoms with Gasteiger partial charge in [-0.2, -0.15) is 0 Å². The SMILES string of the molecule is CN(C)C(=O)C=Cc1cccc(C(=O)OC2CC(C(=O)NCc3cccc(C(=O)NC(CO)CCC(=O)OC(C)(C)C)c3)=CC3OC(C4CC4)(C4CC4)OC32)c1. The van der Waals surface area contributed by atoms with E-state index in [0.717, 1.165) is 25.7 Å². The van der Waals surface area contributed by atoms with Gasteiger partial charge < -0.3 is 39.6 Å². The van der Waals surface area contributed by atoms with E-state index in [0.29, 0.717) is 27.8 Å². The number of nitrogens with one attached hydrogen (secondary N) is 2. The second-order valence-electron chi connectivity index (χ2n) is 16.3. The van der Waals surface area contributed by atoms with Crippen LogP contribution < -0.4 is 10.6 Å². The molecule has 3 amide bonds. The van der Waals surface area contributed by atoms with Crippen LogP contribution in [0.1, 0.15) is 97.6 Å². The highest BCUT2D eigenvalue weighted by molar-refractivity contribution is 5.96. The van der Waals surface area contributed by atoms with Crippen LogP contribution in [0.15, 0.2) is 66.3 Å². The molecule has 3 fully saturated rings. The van der Waals surface area contributed by atoms with Gasteiger partial charge in [0, 0.05) is 62.5 Å². The lowest BCUT2D eigenvalue weighted by Gasteiger charge is -2.31. The first-order valence-corrected chi connectivity index (χ1v) is 19.4. The second kappa shape index (κ2) is 17.1. The Bertz CT molecular complexity index is 1860. The van der Waals surface area contributed by atoms with Crippen molar-refractivity contribution in [3.8, 4) is 0 Å². The highest BCUT2D eigenvalue weighted by Crippen LogP contribution is 2.59. The third-order valence-corrected chi connectivity index (χ3v) is 10.3. The fraction of sp³-hybridized carbons (Fsp3) is 0.512. The molecule has 3 aliphatic carbocycles. The molecule has 0 radical (unpaired) electrons. The van der Waals surface area contributed by atoms with E-state index < -0.39 is 53.6 Å². The van der Waals surface area contributed by atoms with Gasteiger partial charge in [0.05, 0.1) is 18.2 Å². The number of hydrogen-bond donors (Lipinski definition) is 3. The van der Waals surface area contributed by atoms with E-state index in [1.807, 2.05) is 0 Å². The van der Waals surface area contributed by atoms with Gasteiger partial charge in [0.25, 0.3) is 5.91 Å². The lowest BCUT2D eigenvalue weighted by Crippen LogP contribution is -2.44. The minimum absolute atomic E-state index is 0.0386. The van der Waals surface area contributed by atoms with E-state index in [2.05, 4.69) is 10.6 Å². The summed E-state index contributed by atoms with van der Waals surface area (Å²) in [6.45, 7) is 5.08. The Labute approximate surface area is 327 Å². The maximum absolute atomic E-state index is 13.8. The number of amides is 3. The third-order valence-electron chi connectivity index (χ3n) is 10.3. The average Bonchev–Trinajstić information content (AvgIpc) is 4.11. The highest BCUT2D eigenvalue weighted by Gasteiger charge is 2.64. The van der Waals surface area contributed by atoms with Crippen molar-refractivity contribution in [1.29, 1.82) is 0 Å². The van der Waals surface area contributed by atoms with Crippen molar-refractivity contribution in [3.63, 3.8) is 0 Å². The molecule has 13 nitrogen and oxygen atoms in total. The van der Waals surface area contributed by atoms with E-state index >= 15 is 0 Å². The summed E-state index contributed by atoms with van der Waals surface area (Å²) in [7, 11) is 3.31. The average molecular weight is 772 g/mol. The van der Waals surface area contributed by atoms with Crippen molar-refractivity contribution < 1.29 is 48.0 Å². The number of rotatable bonds is 15. The van der Waals surface area contributed by atoms with Crippen LogP contribution in [0.4, 0.5) is 0 Å². The van der Waals surface area contributed by atoms with Gasteiger partial charge in [0.2, 0.25) is 11.8 Å². The van der Waals surface area contributed by atoms with E-state index in [-0.39, 0.29) is 56.1 Å². The summed E-state index contributed by atoms with van der Waals surface area (Å²) < 4.78 is 24.9. The number of carbonyl (C=O) groups is 5. The predicted octanol–water partition coefficient (Wildman–Crippen LogP) is 4.47. The number of likely N-dealkylation sites (N-methyl/N-ethyl adjacent to an activating group) is 1. The van der Waals surface area contributed by atoms with Gasteiger partial charge in [-0.25, -0.2) is 4.79 Å². The van der Waals surface area contributed by atoms with Gasteiger partial charge in [-0.15, -0.1) is 0 Å². The Morgan fingerprint density at radius 1 is 0.964 bits per heavy atom. The van der Waals surface area contributed by atoms with Gasteiger partial charge in [-0.1, -0.05) is 24.3 Å². The van der Waals surface area contributed by atoms with Crippen LogP contribution in [0.2, 0.25) is 0 Å². The van der Waals surface area contributed by atoms with Crippen LogP contribution >= 0.6 is 0 Å². The van der Waals surface area contributed by atoms with Crippen LogP contribution in [0.3, 0.4) is 0 Å². The number of aliphatic hydroxyl groups excluding tert-OH is 1. The zero-order chi connectivity index (χ0) is 40.2. The van der Waals surface area contributed by atoms with Crippen molar-refractivity contribution in [3.05, 3.63) is 88.5 Å². The quantitative estimate of drug-likeness (QED) is 0.174. The molecule has 2 saturated carbocycles. The molecule has 1 heterocycles. The summed E-state index contributed by atoms with van der Waals surface area (Å²) in [6, 6.07) is 12.9. The van der Waals surface area contributed by atoms with E-state index in [1.54, 1.807) is 95.5 Å². The third kappa shape index (κ3) is 10.3. The molecule has 0 aromatic heterocycles. The smallest absolute Gasteiger partial charge is 0.338 e. The first-order chi connectivity index (χ1) is 26.6. The molecule has 3 N–H and O–H groups in total. The highest BCUT2D eigenvalue weighted by atomic mass is 16.8. The number of carbonyl (C=O) groups excluding carboxylic acids is 5. The topological polar surface area (TPSA) is 170 Å². The number of ether oxygens (including phenoxy) is 4. The van der Waals surface area contributed by atoms with Crippen molar-refractivity contribution in [2.45, 2.75) is 108 Å². The molecule has 2 aromatic rings. The summed E-state index contributed by atoms with van der Waals surface area (Å²) in [4.78, 5) is 66.1. The number of fused-ring (bicyclic) bond motifs is 1. The zero-order valence-corrected chi connectivity index (χ0v) is 32.7. The summed E-state index contributed by atoms with van der Waals surface area (Å²) in [6.07, 6.45) is 7.24. The van der Waals surface area contributed by atoms with Crippen molar-refractivity contribution in [1.82, 2.24) is 15.5 Å². The van der Waals surface area contributed by atoms with Crippen LogP contribution in [0.25, 0.3) is 6.08 Å². The molecule has 2 aromatic carbocycles. The minimum atomic E-state index is -0.797. The molecular formula is C43H53N3O10. The summed E-state index contributed by atoms with van der Waals surface area (Å²) in [5.74, 6) is -2.19. The Kier molecular flexibility index (Phi) is 12.5. The molecule has 0 spiro atoms. The Balaban J connectivity index is 1.11. The number of esters is 2. The fourth-order valence-corrected chi connectivity index (χ4v) is 7.14. The van der Waals surface area contributed by atoms with Crippen molar-refractivity contribution in [2.75, 3.05) is 20.7 Å². The number of benzene rings is 2. The summed E-state index contributed by atoms with van der Waals surface area (Å²) in [5.41, 5.74) is 1.73. The first-order valence-electron chi connectivity index (χ1n) is 19.4. The van der Waals surface area contributed by atoms with E-state index in [1.165, 1.54) is 11.0 Å². The van der Waals surface area contributed by atoms with Crippen LogP contribution in [-0.4, -0.2) is 96.1 Å². The van der Waals surface area contributed by atoms with Crippen molar-refractivity contribution in [2.24, 2.45) is 11.8 Å². The van der Waals surface area contributed by atoms with Gasteiger partial charge in [-0.05, 0) is 100 Å². The molecule has 1 saturated heterocycles. The van der Waals surface area contributed by atoms with Crippen LogP contribution in [0.5, 0.6) is 0 Å². The van der Waals surface area contributed by atoms with Gasteiger partial charge >= 0.3 is 11.9 Å². The monoisotopic (exact) mass is 771 g/mol. The number of aliphatic hydroxyl groups is 1. The fourth-order valence-electron chi connectivity index (χ4n) is 7.14. The predicted molar refractivity (Wildman–Crippen MR) is 206 cm³/mol. The Morgan fingerprint density at radius 2 is 1.66 bits per heavy atom. The lowest BCUT2D eigenvalue weighted by molar-refractivity contribution is -0.209. The molecule has 4 atom stereocenters. The minimum Gasteiger partial charge on any atom is -0.460 e. The normalized spacial score (nSPS) is 22.0. The molecule has 300 valence electrons. The Morgan fingerprint density at radius 3 is 2.32 bits per heavy atom. The summed E-state index contributed by atoms with van der Waals surface area (Å²) >= 11 is 0. The Hall–Kier alpha value is -4.85. The lowest BCUT2D eigenvalue weighted by atomic mass is 9.91. The molecule has 1 aliphatic heterocycles. The summed E-state index contributed by atoms with van der Waals surface area (Å²) in [5, 5.41) is 15.6. The molecular weight excluding hydrogens is 718 g/mol. The van der Waals surface area contributed by atoms with Crippen LogP contribution in [0, 0.1) is 11.8 Å². The van der Waals surface area contributed by atoms with Gasteiger partial charge in [0.1, 0.15) is 23.9 Å². The maximum Gasteiger partial charge on any atom is 0.338 e. The van der Waals surface area contributed by atoms with Gasteiger partial charge in [-0.3, -0.25) is 19.2 Å². The molecule has 13 heteroatoms. The standard InChI is InChI=1S/C43H53N3O10/c1-42(2,3)55-37(49)19-17-33(25-47)45-40(51)28-10-7-9-27(21-28)24-44-39(50)30-22-34(38-35(23-30)54-43(56-38,31-13-14-31)32-15-16-32)53-41(52)29-11-6-8-26(20-29)12-18-36(48)46(4)5/h6-12,18,20-21,23,31-35,38,47H,13-17,19,22,24-25H2,1-5H3,(H,44,50)(H,45,51). The first kappa shape index (κ1) is 40.8. The van der Waals surface area contributed by atoms with Crippen LogP contribution in [-0.2, 0) is 39.9 Å². The molecule has 56 heavy (non-hydrogen) atoms. The molecule has 4 aliphatic rings.